The van der Waals surface area contributed by atoms with E-state index in [0.717, 1.165) is 12.8 Å². The van der Waals surface area contributed by atoms with Gasteiger partial charge in [0.25, 0.3) is 0 Å². The standard InChI is InChI=1S/C14H17F11O2/c15-10(16,5-8-26-7-4-9-3-1-2-6-27-9)11(17,18)12(19,20)13(21,22)14(23,24)25/h9H,1-8H2. The minimum absolute atomic E-state index is 0.199. The van der Waals surface area contributed by atoms with Crippen molar-refractivity contribution in [1.29, 1.82) is 0 Å². The number of hydrogen-bond acceptors (Lipinski definition) is 2. The van der Waals surface area contributed by atoms with Gasteiger partial charge in [0.1, 0.15) is 0 Å². The van der Waals surface area contributed by atoms with Gasteiger partial charge in [-0.2, -0.15) is 48.3 Å². The third-order valence-corrected chi connectivity index (χ3v) is 4.02. The zero-order valence-corrected chi connectivity index (χ0v) is 13.7. The van der Waals surface area contributed by atoms with Crippen LogP contribution in [0.1, 0.15) is 32.1 Å². The molecule has 1 unspecified atom stereocenters. The van der Waals surface area contributed by atoms with Crippen LogP contribution < -0.4 is 0 Å². The van der Waals surface area contributed by atoms with Crippen LogP contribution in [0.3, 0.4) is 0 Å². The van der Waals surface area contributed by atoms with Crippen LogP contribution in [-0.2, 0) is 9.47 Å². The molecule has 1 saturated heterocycles. The average molecular weight is 426 g/mol. The summed E-state index contributed by atoms with van der Waals surface area (Å²) in [6.45, 7) is -1.04. The van der Waals surface area contributed by atoms with E-state index in [1.165, 1.54) is 0 Å². The van der Waals surface area contributed by atoms with Gasteiger partial charge in [-0.1, -0.05) is 0 Å². The highest BCUT2D eigenvalue weighted by Gasteiger charge is 2.86. The Hall–Kier alpha value is -0.850. The highest BCUT2D eigenvalue weighted by Crippen LogP contribution is 2.57. The Labute approximate surface area is 147 Å². The molecule has 0 aromatic rings. The molecule has 0 aromatic heterocycles. The molecule has 13 heteroatoms. The van der Waals surface area contributed by atoms with E-state index in [0.29, 0.717) is 13.0 Å². The second kappa shape index (κ2) is 8.26. The molecule has 0 amide bonds. The molecule has 0 aromatic carbocycles. The molecule has 1 fully saturated rings. The van der Waals surface area contributed by atoms with Gasteiger partial charge >= 0.3 is 29.9 Å². The number of rotatable bonds is 9. The minimum atomic E-state index is -7.36. The quantitative estimate of drug-likeness (QED) is 0.360. The van der Waals surface area contributed by atoms with Crippen LogP contribution in [0, 0.1) is 0 Å². The topological polar surface area (TPSA) is 18.5 Å². The van der Waals surface area contributed by atoms with Crippen molar-refractivity contribution in [3.63, 3.8) is 0 Å². The first-order valence-electron chi connectivity index (χ1n) is 7.85. The smallest absolute Gasteiger partial charge is 0.381 e. The maximum absolute atomic E-state index is 13.4. The first-order valence-corrected chi connectivity index (χ1v) is 7.85. The monoisotopic (exact) mass is 426 g/mol. The van der Waals surface area contributed by atoms with E-state index in [4.69, 9.17) is 4.74 Å². The van der Waals surface area contributed by atoms with Gasteiger partial charge in [0, 0.05) is 19.6 Å². The number of alkyl halides is 11. The number of hydrogen-bond donors (Lipinski definition) is 0. The molecule has 0 N–H and O–H groups in total. The molecular weight excluding hydrogens is 409 g/mol. The summed E-state index contributed by atoms with van der Waals surface area (Å²) in [4.78, 5) is 0. The molecule has 0 bridgehead atoms. The molecular formula is C14H17F11O2. The predicted octanol–water partition coefficient (Wildman–Crippen LogP) is 5.46. The van der Waals surface area contributed by atoms with Gasteiger partial charge in [-0.15, -0.1) is 0 Å². The van der Waals surface area contributed by atoms with Crippen molar-refractivity contribution in [2.45, 2.75) is 68.1 Å². The molecule has 1 aliphatic rings. The van der Waals surface area contributed by atoms with Crippen LogP contribution in [0.4, 0.5) is 48.3 Å². The summed E-state index contributed by atoms with van der Waals surface area (Å²) in [5, 5.41) is 0. The number of halogens is 11. The van der Waals surface area contributed by atoms with Crippen LogP contribution in [0.5, 0.6) is 0 Å². The Bertz CT molecular complexity index is 470. The summed E-state index contributed by atoms with van der Waals surface area (Å²) in [6.07, 6.45) is -7.05. The molecule has 162 valence electrons. The van der Waals surface area contributed by atoms with E-state index in [9.17, 15) is 48.3 Å². The van der Waals surface area contributed by atoms with E-state index in [1.54, 1.807) is 0 Å². The van der Waals surface area contributed by atoms with Crippen molar-refractivity contribution in [1.82, 2.24) is 0 Å². The first kappa shape index (κ1) is 24.2. The fourth-order valence-corrected chi connectivity index (χ4v) is 2.31. The Morgan fingerprint density at radius 1 is 0.741 bits per heavy atom. The van der Waals surface area contributed by atoms with E-state index >= 15 is 0 Å². The zero-order chi connectivity index (χ0) is 21.1. The van der Waals surface area contributed by atoms with Gasteiger partial charge in [-0.05, 0) is 25.7 Å². The van der Waals surface area contributed by atoms with Crippen LogP contribution in [0.2, 0.25) is 0 Å². The predicted molar refractivity (Wildman–Crippen MR) is 69.5 cm³/mol. The highest BCUT2D eigenvalue weighted by molar-refractivity contribution is 5.06. The Balaban J connectivity index is 2.65. The summed E-state index contributed by atoms with van der Waals surface area (Å²) in [6, 6.07) is 0. The van der Waals surface area contributed by atoms with Crippen molar-refractivity contribution in [3.8, 4) is 0 Å². The highest BCUT2D eigenvalue weighted by atomic mass is 19.4. The van der Waals surface area contributed by atoms with Crippen LogP contribution in [0.15, 0.2) is 0 Å². The van der Waals surface area contributed by atoms with E-state index in [-0.39, 0.29) is 19.1 Å². The average Bonchev–Trinajstić information content (AvgIpc) is 2.53. The van der Waals surface area contributed by atoms with Crippen molar-refractivity contribution < 1.29 is 57.8 Å². The minimum Gasteiger partial charge on any atom is -0.381 e. The lowest BCUT2D eigenvalue weighted by molar-refractivity contribution is -0.422. The van der Waals surface area contributed by atoms with Gasteiger partial charge in [-0.25, -0.2) is 0 Å². The summed E-state index contributed by atoms with van der Waals surface area (Å²) in [5.74, 6) is -27.6. The molecule has 0 radical (unpaired) electrons. The van der Waals surface area contributed by atoms with Gasteiger partial charge in [-0.3, -0.25) is 0 Å². The Morgan fingerprint density at radius 2 is 1.33 bits per heavy atom. The summed E-state index contributed by atoms with van der Waals surface area (Å²) in [5.41, 5.74) is 0. The third kappa shape index (κ3) is 4.96. The summed E-state index contributed by atoms with van der Waals surface area (Å²) in [7, 11) is 0. The molecule has 27 heavy (non-hydrogen) atoms. The molecule has 1 rings (SSSR count). The molecule has 1 heterocycles. The van der Waals surface area contributed by atoms with Gasteiger partial charge in [0.05, 0.1) is 12.7 Å². The van der Waals surface area contributed by atoms with Crippen molar-refractivity contribution in [3.05, 3.63) is 0 Å². The number of ether oxygens (including phenoxy) is 2. The lowest BCUT2D eigenvalue weighted by atomic mass is 9.96. The molecule has 0 aliphatic carbocycles. The Kier molecular flexibility index (Phi) is 7.40. The third-order valence-electron chi connectivity index (χ3n) is 4.02. The van der Waals surface area contributed by atoms with Gasteiger partial charge in [0.2, 0.25) is 0 Å². The van der Waals surface area contributed by atoms with Crippen molar-refractivity contribution >= 4 is 0 Å². The van der Waals surface area contributed by atoms with Gasteiger partial charge in [0.15, 0.2) is 0 Å². The van der Waals surface area contributed by atoms with Crippen LogP contribution >= 0.6 is 0 Å². The SMILES string of the molecule is FC(F)(F)C(F)(F)C(F)(F)C(F)(F)C(F)(F)CCOCCC1CCCCO1. The lowest BCUT2D eigenvalue weighted by Gasteiger charge is -2.37. The second-order valence-electron chi connectivity index (χ2n) is 6.07. The van der Waals surface area contributed by atoms with Crippen LogP contribution in [-0.4, -0.2) is 55.8 Å². The zero-order valence-electron chi connectivity index (χ0n) is 13.7. The first-order chi connectivity index (χ1) is 12.1. The second-order valence-corrected chi connectivity index (χ2v) is 6.07. The Morgan fingerprint density at radius 3 is 1.81 bits per heavy atom. The molecule has 1 atom stereocenters. The van der Waals surface area contributed by atoms with E-state index < -0.39 is 42.9 Å². The van der Waals surface area contributed by atoms with Gasteiger partial charge < -0.3 is 9.47 Å². The van der Waals surface area contributed by atoms with Crippen molar-refractivity contribution in [2.24, 2.45) is 0 Å². The fourth-order valence-electron chi connectivity index (χ4n) is 2.31. The normalized spacial score (nSPS) is 20.8. The maximum atomic E-state index is 13.4. The molecule has 1 aliphatic heterocycles. The van der Waals surface area contributed by atoms with E-state index in [2.05, 4.69) is 4.74 Å². The van der Waals surface area contributed by atoms with Crippen LogP contribution in [0.25, 0.3) is 0 Å². The summed E-state index contributed by atoms with van der Waals surface area (Å²) >= 11 is 0. The van der Waals surface area contributed by atoms with Crippen molar-refractivity contribution in [2.75, 3.05) is 19.8 Å². The lowest BCUT2D eigenvalue weighted by Crippen LogP contribution is -2.66. The molecule has 2 nitrogen and oxygen atoms in total. The van der Waals surface area contributed by atoms with E-state index in [1.807, 2.05) is 0 Å². The molecule has 0 saturated carbocycles. The molecule has 0 spiro atoms. The summed E-state index contributed by atoms with van der Waals surface area (Å²) < 4.78 is 150. The largest absolute Gasteiger partial charge is 0.460 e. The fraction of sp³-hybridized carbons (Fsp3) is 1.00. The maximum Gasteiger partial charge on any atom is 0.460 e.